The Morgan fingerprint density at radius 1 is 1.44 bits per heavy atom. The minimum absolute atomic E-state index is 0.0100. The molecule has 16 heavy (non-hydrogen) atoms. The molecule has 0 bridgehead atoms. The summed E-state index contributed by atoms with van der Waals surface area (Å²) < 4.78 is 30.3. The summed E-state index contributed by atoms with van der Waals surface area (Å²) in [6.45, 7) is 1.56. The topological polar surface area (TPSA) is 66.9 Å². The van der Waals surface area contributed by atoms with Crippen LogP contribution in [0.25, 0.3) is 0 Å². The molecule has 7 heteroatoms. The van der Waals surface area contributed by atoms with Crippen molar-refractivity contribution >= 4 is 15.9 Å². The molecule has 3 aliphatic rings. The third-order valence-corrected chi connectivity index (χ3v) is 5.07. The van der Waals surface area contributed by atoms with Gasteiger partial charge in [-0.25, -0.2) is 8.42 Å². The summed E-state index contributed by atoms with van der Waals surface area (Å²) in [5.74, 6) is 0.0100. The van der Waals surface area contributed by atoms with Gasteiger partial charge in [0, 0.05) is 25.9 Å². The molecular formula is C9H14N2O4S. The van der Waals surface area contributed by atoms with E-state index in [-0.39, 0.29) is 18.4 Å². The number of sulfonamides is 1. The molecule has 3 rings (SSSR count). The second-order valence-electron chi connectivity index (χ2n) is 4.58. The quantitative estimate of drug-likeness (QED) is 0.594. The maximum atomic E-state index is 11.8. The predicted octanol–water partition coefficient (Wildman–Crippen LogP) is -1.02. The minimum atomic E-state index is -3.25. The molecule has 0 radical (unpaired) electrons. The van der Waals surface area contributed by atoms with Crippen LogP contribution in [0.2, 0.25) is 0 Å². The maximum absolute atomic E-state index is 11.8. The highest BCUT2D eigenvalue weighted by Gasteiger charge is 2.63. The maximum Gasteiger partial charge on any atom is 0.226 e. The molecule has 3 aliphatic heterocycles. The van der Waals surface area contributed by atoms with Crippen molar-refractivity contribution in [2.75, 3.05) is 26.0 Å². The van der Waals surface area contributed by atoms with Crippen LogP contribution < -0.4 is 0 Å². The molecule has 0 aromatic heterocycles. The Labute approximate surface area is 94.2 Å². The molecule has 0 aliphatic carbocycles. The van der Waals surface area contributed by atoms with Gasteiger partial charge >= 0.3 is 0 Å². The Morgan fingerprint density at radius 2 is 2.19 bits per heavy atom. The van der Waals surface area contributed by atoms with E-state index in [0.29, 0.717) is 26.1 Å². The molecule has 3 saturated heterocycles. The Morgan fingerprint density at radius 3 is 2.88 bits per heavy atom. The van der Waals surface area contributed by atoms with Gasteiger partial charge in [0.15, 0.2) is 5.72 Å². The van der Waals surface area contributed by atoms with E-state index in [1.54, 1.807) is 4.90 Å². The minimum Gasteiger partial charge on any atom is -0.352 e. The Hall–Kier alpha value is -0.660. The molecule has 0 saturated carbocycles. The Balaban J connectivity index is 2.02. The molecule has 0 unspecified atom stereocenters. The van der Waals surface area contributed by atoms with Crippen LogP contribution in [0, 0.1) is 0 Å². The highest BCUT2D eigenvalue weighted by atomic mass is 32.2. The van der Waals surface area contributed by atoms with E-state index in [1.807, 2.05) is 0 Å². The standard InChI is InChI=1S/C9H14N2O4S/c1-16(13,14)11-3-2-9-7(11)6-8(12)10(9)4-5-15-9/h7H,2-6H2,1H3/t7-,9+/m1/s1. The Kier molecular flexibility index (Phi) is 1.94. The zero-order chi connectivity index (χ0) is 11.6. The van der Waals surface area contributed by atoms with Crippen LogP contribution in [0.5, 0.6) is 0 Å². The highest BCUT2D eigenvalue weighted by molar-refractivity contribution is 7.88. The second kappa shape index (κ2) is 2.96. The van der Waals surface area contributed by atoms with Crippen molar-refractivity contribution in [3.63, 3.8) is 0 Å². The molecule has 3 fully saturated rings. The lowest BCUT2D eigenvalue weighted by atomic mass is 10.1. The van der Waals surface area contributed by atoms with Gasteiger partial charge in [-0.1, -0.05) is 0 Å². The summed E-state index contributed by atoms with van der Waals surface area (Å²) in [6.07, 6.45) is 2.04. The fourth-order valence-electron chi connectivity index (χ4n) is 3.15. The van der Waals surface area contributed by atoms with E-state index in [0.717, 1.165) is 0 Å². The van der Waals surface area contributed by atoms with Crippen LogP contribution in [0.4, 0.5) is 0 Å². The van der Waals surface area contributed by atoms with Crippen molar-refractivity contribution in [2.45, 2.75) is 24.6 Å². The zero-order valence-electron chi connectivity index (χ0n) is 9.05. The molecule has 1 amide bonds. The molecule has 0 N–H and O–H groups in total. The molecule has 0 aromatic rings. The normalized spacial score (nSPS) is 39.2. The second-order valence-corrected chi connectivity index (χ2v) is 6.52. The third kappa shape index (κ3) is 1.13. The number of carbonyl (C=O) groups excluding carboxylic acids is 1. The van der Waals surface area contributed by atoms with Gasteiger partial charge in [0.1, 0.15) is 0 Å². The average molecular weight is 246 g/mol. The van der Waals surface area contributed by atoms with Gasteiger partial charge in [-0.15, -0.1) is 0 Å². The number of nitrogens with zero attached hydrogens (tertiary/aromatic N) is 2. The monoisotopic (exact) mass is 246 g/mol. The fourth-order valence-corrected chi connectivity index (χ4v) is 4.28. The van der Waals surface area contributed by atoms with Crippen molar-refractivity contribution in [1.29, 1.82) is 0 Å². The lowest BCUT2D eigenvalue weighted by Gasteiger charge is -2.30. The van der Waals surface area contributed by atoms with E-state index in [1.165, 1.54) is 10.6 Å². The van der Waals surface area contributed by atoms with Crippen LogP contribution in [0.15, 0.2) is 0 Å². The smallest absolute Gasteiger partial charge is 0.226 e. The third-order valence-electron chi connectivity index (χ3n) is 3.78. The summed E-state index contributed by atoms with van der Waals surface area (Å²) in [5, 5.41) is 0. The van der Waals surface area contributed by atoms with E-state index >= 15 is 0 Å². The van der Waals surface area contributed by atoms with Crippen LogP contribution in [0.1, 0.15) is 12.8 Å². The number of amides is 1. The first-order chi connectivity index (χ1) is 7.45. The van der Waals surface area contributed by atoms with Crippen LogP contribution in [0.3, 0.4) is 0 Å². The van der Waals surface area contributed by atoms with Gasteiger partial charge in [-0.05, 0) is 0 Å². The highest BCUT2D eigenvalue weighted by Crippen LogP contribution is 2.46. The number of hydrogen-bond donors (Lipinski definition) is 0. The van der Waals surface area contributed by atoms with Crippen LogP contribution in [-0.4, -0.2) is 61.2 Å². The van der Waals surface area contributed by atoms with E-state index in [9.17, 15) is 13.2 Å². The fraction of sp³-hybridized carbons (Fsp3) is 0.889. The number of carbonyl (C=O) groups is 1. The van der Waals surface area contributed by atoms with E-state index in [2.05, 4.69) is 0 Å². The first kappa shape index (κ1) is 10.5. The lowest BCUT2D eigenvalue weighted by molar-refractivity contribution is -0.136. The van der Waals surface area contributed by atoms with Gasteiger partial charge < -0.3 is 9.64 Å². The van der Waals surface area contributed by atoms with E-state index < -0.39 is 15.7 Å². The SMILES string of the molecule is CS(=O)(=O)N1CC[C@@]23OCCN2C(=O)C[C@@H]13. The zero-order valence-corrected chi connectivity index (χ0v) is 9.87. The molecule has 90 valence electrons. The van der Waals surface area contributed by atoms with Gasteiger partial charge in [0.25, 0.3) is 0 Å². The summed E-state index contributed by atoms with van der Waals surface area (Å²) in [4.78, 5) is 13.5. The van der Waals surface area contributed by atoms with Crippen molar-refractivity contribution in [3.05, 3.63) is 0 Å². The van der Waals surface area contributed by atoms with Crippen molar-refractivity contribution in [1.82, 2.24) is 9.21 Å². The first-order valence-corrected chi connectivity index (χ1v) is 7.21. The van der Waals surface area contributed by atoms with Gasteiger partial charge in [0.05, 0.1) is 18.9 Å². The van der Waals surface area contributed by atoms with Crippen molar-refractivity contribution in [3.8, 4) is 0 Å². The van der Waals surface area contributed by atoms with Crippen molar-refractivity contribution in [2.24, 2.45) is 0 Å². The Bertz CT molecular complexity index is 448. The first-order valence-electron chi connectivity index (χ1n) is 5.36. The van der Waals surface area contributed by atoms with Gasteiger partial charge in [0.2, 0.25) is 15.9 Å². The predicted molar refractivity (Wildman–Crippen MR) is 55.0 cm³/mol. The summed E-state index contributed by atoms with van der Waals surface area (Å²) >= 11 is 0. The average Bonchev–Trinajstić information content (AvgIpc) is 2.76. The number of ether oxygens (including phenoxy) is 1. The van der Waals surface area contributed by atoms with Gasteiger partial charge in [-0.2, -0.15) is 4.31 Å². The summed E-state index contributed by atoms with van der Waals surface area (Å²) in [7, 11) is -3.25. The number of hydrogen-bond acceptors (Lipinski definition) is 4. The molecule has 1 spiro atoms. The lowest BCUT2D eigenvalue weighted by Crippen LogP contribution is -2.48. The van der Waals surface area contributed by atoms with Crippen LogP contribution in [-0.2, 0) is 19.6 Å². The molecule has 3 heterocycles. The largest absolute Gasteiger partial charge is 0.352 e. The number of rotatable bonds is 1. The van der Waals surface area contributed by atoms with Crippen molar-refractivity contribution < 1.29 is 17.9 Å². The van der Waals surface area contributed by atoms with Crippen LogP contribution >= 0.6 is 0 Å². The molecule has 6 nitrogen and oxygen atoms in total. The van der Waals surface area contributed by atoms with Gasteiger partial charge in [-0.3, -0.25) is 4.79 Å². The molecule has 2 atom stereocenters. The van der Waals surface area contributed by atoms with E-state index in [4.69, 9.17) is 4.74 Å². The summed E-state index contributed by atoms with van der Waals surface area (Å²) in [6, 6.07) is -0.322. The summed E-state index contributed by atoms with van der Waals surface area (Å²) in [5.41, 5.74) is -0.653. The molecular weight excluding hydrogens is 232 g/mol. The molecule has 0 aromatic carbocycles.